The van der Waals surface area contributed by atoms with Gasteiger partial charge in [-0.15, -0.1) is 11.3 Å². The van der Waals surface area contributed by atoms with Crippen molar-refractivity contribution in [2.75, 3.05) is 23.4 Å². The lowest BCUT2D eigenvalue weighted by molar-refractivity contribution is 0.712. The fourth-order valence-corrected chi connectivity index (χ4v) is 3.03. The number of thiophene rings is 1. The molecule has 2 N–H and O–H groups in total. The first kappa shape index (κ1) is 25.8. The van der Waals surface area contributed by atoms with Gasteiger partial charge >= 0.3 is 5.69 Å². The molecule has 2 aromatic rings. The number of nitrogens with one attached hydrogen (secondary N) is 2. The van der Waals surface area contributed by atoms with Crippen LogP contribution in [-0.4, -0.2) is 34.3 Å². The van der Waals surface area contributed by atoms with Gasteiger partial charge in [0, 0.05) is 18.0 Å². The molecule has 0 aliphatic carbocycles. The Bertz CT molecular complexity index is 719. The average molecular weight is 409 g/mol. The molecular weight excluding hydrogens is 372 g/mol. The molecule has 0 unspecified atom stereocenters. The molecule has 0 spiro atoms. The molecule has 0 aliphatic rings. The van der Waals surface area contributed by atoms with E-state index in [-0.39, 0.29) is 0 Å². The minimum absolute atomic E-state index is 0.391. The quantitative estimate of drug-likeness (QED) is 0.454. The number of anilines is 2. The Morgan fingerprint density at radius 2 is 1.75 bits per heavy atom. The molecule has 0 atom stereocenters. The number of aromatic amines is 1. The fourth-order valence-electron chi connectivity index (χ4n) is 2.23. The van der Waals surface area contributed by atoms with Crippen LogP contribution in [0.3, 0.4) is 0 Å². The largest absolute Gasteiger partial charge is 0.349 e. The van der Waals surface area contributed by atoms with E-state index >= 15 is 0 Å². The van der Waals surface area contributed by atoms with E-state index in [1.807, 2.05) is 38.7 Å². The Morgan fingerprint density at radius 1 is 1.11 bits per heavy atom. The van der Waals surface area contributed by atoms with Gasteiger partial charge in [0.05, 0.1) is 6.21 Å². The number of hydrazone groups is 1. The van der Waals surface area contributed by atoms with Gasteiger partial charge in [0.15, 0.2) is 5.82 Å². The molecule has 8 heteroatoms. The lowest BCUT2D eigenvalue weighted by atomic mass is 10.4. The number of rotatable bonds is 9. The number of hydrogen-bond acceptors (Lipinski definition) is 7. The molecule has 2 rings (SSSR count). The van der Waals surface area contributed by atoms with Crippen molar-refractivity contribution in [1.82, 2.24) is 15.0 Å². The van der Waals surface area contributed by atoms with Crippen LogP contribution in [0, 0.1) is 0 Å². The average Bonchev–Trinajstić information content (AvgIpc) is 3.18. The Hall–Kier alpha value is -2.22. The highest BCUT2D eigenvalue weighted by Crippen LogP contribution is 2.21. The van der Waals surface area contributed by atoms with Crippen molar-refractivity contribution in [2.24, 2.45) is 5.10 Å². The second kappa shape index (κ2) is 15.8. The van der Waals surface area contributed by atoms with Crippen molar-refractivity contribution >= 4 is 28.5 Å². The van der Waals surface area contributed by atoms with Gasteiger partial charge in [-0.25, -0.2) is 4.79 Å². The normalized spacial score (nSPS) is 9.96. The van der Waals surface area contributed by atoms with E-state index in [0.29, 0.717) is 11.8 Å². The van der Waals surface area contributed by atoms with Gasteiger partial charge in [-0.2, -0.15) is 15.1 Å². The van der Waals surface area contributed by atoms with Gasteiger partial charge < -0.3 is 4.90 Å². The maximum absolute atomic E-state index is 11.8. The smallest absolute Gasteiger partial charge is 0.341 e. The van der Waals surface area contributed by atoms with Gasteiger partial charge in [-0.1, -0.05) is 48.5 Å². The van der Waals surface area contributed by atoms with Crippen molar-refractivity contribution in [3.8, 4) is 0 Å². The van der Waals surface area contributed by atoms with Gasteiger partial charge in [-0.3, -0.25) is 10.4 Å². The fraction of sp³-hybridized carbons (Fsp3) is 0.600. The summed E-state index contributed by atoms with van der Waals surface area (Å²) in [6, 6.07) is 4.06. The van der Waals surface area contributed by atoms with Gasteiger partial charge in [0.1, 0.15) is 5.00 Å². The number of H-pyrrole nitrogens is 1. The standard InChI is InChI=1S/C16H24N6OS.2C2H6/c1-4-9-22(10-5-2)15-18-13(19-16(23)20-15)11-17-21-14-8-7-12(6-3)24-14;2*1-2/h7-8,11,21H,4-6,9-10H2,1-3H3,(H,18,19,20,23);2*1-2H3/b17-11+;;. The maximum atomic E-state index is 11.8. The summed E-state index contributed by atoms with van der Waals surface area (Å²) in [5.74, 6) is 0.843. The Labute approximate surface area is 173 Å². The number of nitrogens with zero attached hydrogens (tertiary/aromatic N) is 4. The van der Waals surface area contributed by atoms with Crippen LogP contribution < -0.4 is 16.0 Å². The van der Waals surface area contributed by atoms with E-state index in [4.69, 9.17) is 0 Å². The lowest BCUT2D eigenvalue weighted by Gasteiger charge is -2.20. The van der Waals surface area contributed by atoms with E-state index in [0.717, 1.165) is 37.4 Å². The zero-order valence-electron chi connectivity index (χ0n) is 18.4. The molecule has 0 bridgehead atoms. The van der Waals surface area contributed by atoms with Crippen LogP contribution in [0.25, 0.3) is 0 Å². The second-order valence-corrected chi connectivity index (χ2v) is 6.48. The molecule has 0 aliphatic heterocycles. The molecule has 2 heterocycles. The second-order valence-electron chi connectivity index (χ2n) is 5.32. The zero-order valence-corrected chi connectivity index (χ0v) is 19.2. The van der Waals surface area contributed by atoms with Crippen LogP contribution in [0.1, 0.15) is 72.0 Å². The van der Waals surface area contributed by atoms with Crippen molar-refractivity contribution in [1.29, 1.82) is 0 Å². The molecule has 28 heavy (non-hydrogen) atoms. The summed E-state index contributed by atoms with van der Waals surface area (Å²) >= 11 is 1.65. The van der Waals surface area contributed by atoms with Crippen molar-refractivity contribution in [3.63, 3.8) is 0 Å². The predicted octanol–water partition coefficient (Wildman–Crippen LogP) is 4.91. The summed E-state index contributed by atoms with van der Waals surface area (Å²) < 4.78 is 0. The third-order valence-corrected chi connectivity index (χ3v) is 4.43. The van der Waals surface area contributed by atoms with Crippen LogP contribution in [0.5, 0.6) is 0 Å². The highest BCUT2D eigenvalue weighted by molar-refractivity contribution is 7.16. The number of aryl methyl sites for hydroxylation is 1. The van der Waals surface area contributed by atoms with Crippen LogP contribution in [-0.2, 0) is 6.42 Å². The van der Waals surface area contributed by atoms with Crippen molar-refractivity contribution in [3.05, 3.63) is 33.3 Å². The van der Waals surface area contributed by atoms with E-state index in [1.165, 1.54) is 11.1 Å². The van der Waals surface area contributed by atoms with Gasteiger partial charge in [0.2, 0.25) is 5.95 Å². The Balaban J connectivity index is 0.00000171. The molecule has 2 aromatic heterocycles. The highest BCUT2D eigenvalue weighted by atomic mass is 32.1. The molecule has 0 fully saturated rings. The Morgan fingerprint density at radius 3 is 2.29 bits per heavy atom. The van der Waals surface area contributed by atoms with E-state index in [9.17, 15) is 4.79 Å². The first-order valence-corrected chi connectivity index (χ1v) is 11.1. The van der Waals surface area contributed by atoms with Crippen molar-refractivity contribution < 1.29 is 0 Å². The molecule has 0 amide bonds. The highest BCUT2D eigenvalue weighted by Gasteiger charge is 2.09. The summed E-state index contributed by atoms with van der Waals surface area (Å²) in [6.07, 6.45) is 4.45. The molecule has 0 radical (unpaired) electrons. The molecule has 0 saturated heterocycles. The van der Waals surface area contributed by atoms with Crippen LogP contribution in [0.15, 0.2) is 22.0 Å². The molecular formula is C20H36N6OS. The maximum Gasteiger partial charge on any atom is 0.349 e. The molecule has 158 valence electrons. The Kier molecular flexibility index (Phi) is 14.5. The third-order valence-electron chi connectivity index (χ3n) is 3.30. The summed E-state index contributed by atoms with van der Waals surface area (Å²) in [7, 11) is 0. The summed E-state index contributed by atoms with van der Waals surface area (Å²) in [4.78, 5) is 26.1. The number of hydrogen-bond donors (Lipinski definition) is 2. The SMILES string of the molecule is CC.CC.CCCN(CCC)c1nc(/C=N/Nc2ccc(CC)s2)[nH]c(=O)n1. The summed E-state index contributed by atoms with van der Waals surface area (Å²) in [6.45, 7) is 15.9. The minimum atomic E-state index is -0.414. The number of aromatic nitrogens is 3. The van der Waals surface area contributed by atoms with Gasteiger partial charge in [0.25, 0.3) is 0 Å². The third kappa shape index (κ3) is 9.12. The van der Waals surface area contributed by atoms with E-state index in [2.05, 4.69) is 52.3 Å². The topological polar surface area (TPSA) is 86.3 Å². The van der Waals surface area contributed by atoms with Gasteiger partial charge in [-0.05, 0) is 31.4 Å². The van der Waals surface area contributed by atoms with E-state index in [1.54, 1.807) is 11.3 Å². The predicted molar refractivity (Wildman–Crippen MR) is 123 cm³/mol. The summed E-state index contributed by atoms with van der Waals surface area (Å²) in [5, 5.41) is 5.11. The zero-order chi connectivity index (χ0) is 21.4. The van der Waals surface area contributed by atoms with Crippen molar-refractivity contribution in [2.45, 2.75) is 67.7 Å². The van der Waals surface area contributed by atoms with E-state index < -0.39 is 5.69 Å². The van der Waals surface area contributed by atoms with Crippen LogP contribution >= 0.6 is 11.3 Å². The first-order valence-electron chi connectivity index (χ1n) is 10.3. The first-order chi connectivity index (χ1) is 13.7. The molecule has 7 nitrogen and oxygen atoms in total. The van der Waals surface area contributed by atoms with Crippen LogP contribution in [0.4, 0.5) is 10.9 Å². The molecule has 0 aromatic carbocycles. The van der Waals surface area contributed by atoms with Crippen LogP contribution in [0.2, 0.25) is 0 Å². The lowest BCUT2D eigenvalue weighted by Crippen LogP contribution is -2.30. The summed E-state index contributed by atoms with van der Waals surface area (Å²) in [5.41, 5.74) is 2.54. The molecule has 0 saturated carbocycles. The minimum Gasteiger partial charge on any atom is -0.341 e. The monoisotopic (exact) mass is 408 g/mol.